The molecular weight excluding hydrogens is 222 g/mol. The molecule has 0 radical (unpaired) electrons. The minimum absolute atomic E-state index is 0.884. The van der Waals surface area contributed by atoms with Crippen LogP contribution in [0.25, 0.3) is 10.9 Å². The van der Waals surface area contributed by atoms with E-state index in [1.165, 1.54) is 42.6 Å². The molecule has 0 spiro atoms. The van der Waals surface area contributed by atoms with Crippen LogP contribution in [0.1, 0.15) is 5.56 Å². The minimum atomic E-state index is 0.884. The number of nitrogens with one attached hydrogen (secondary N) is 2. The SMILES string of the molecule is c1ccc2c(CN3CC4CNCC4C3)c[nH]c2c1. The molecule has 0 saturated carbocycles. The zero-order valence-electron chi connectivity index (χ0n) is 10.5. The van der Waals surface area contributed by atoms with Gasteiger partial charge in [0.05, 0.1) is 0 Å². The number of aromatic amines is 1. The summed E-state index contributed by atoms with van der Waals surface area (Å²) < 4.78 is 0. The highest BCUT2D eigenvalue weighted by Gasteiger charge is 2.35. The van der Waals surface area contributed by atoms with E-state index in [4.69, 9.17) is 0 Å². The van der Waals surface area contributed by atoms with Crippen LogP contribution in [-0.4, -0.2) is 36.1 Å². The van der Waals surface area contributed by atoms with Gasteiger partial charge in [-0.3, -0.25) is 4.90 Å². The van der Waals surface area contributed by atoms with Crippen molar-refractivity contribution in [1.82, 2.24) is 15.2 Å². The van der Waals surface area contributed by atoms with Crippen molar-refractivity contribution < 1.29 is 0 Å². The fourth-order valence-corrected chi connectivity index (χ4v) is 3.58. The van der Waals surface area contributed by atoms with Crippen LogP contribution < -0.4 is 5.32 Å². The molecule has 4 rings (SSSR count). The number of aromatic nitrogens is 1. The summed E-state index contributed by atoms with van der Waals surface area (Å²) in [5.41, 5.74) is 2.70. The number of rotatable bonds is 2. The Bertz CT molecular complexity index is 548. The average Bonchev–Trinajstić information content (AvgIpc) is 3.04. The first-order chi connectivity index (χ1) is 8.90. The Morgan fingerprint density at radius 1 is 1.11 bits per heavy atom. The van der Waals surface area contributed by atoms with Crippen molar-refractivity contribution in [3.63, 3.8) is 0 Å². The summed E-state index contributed by atoms with van der Waals surface area (Å²) in [5.74, 6) is 1.77. The zero-order valence-corrected chi connectivity index (χ0v) is 10.5. The fourth-order valence-electron chi connectivity index (χ4n) is 3.58. The number of hydrogen-bond donors (Lipinski definition) is 2. The molecule has 1 aromatic heterocycles. The molecule has 0 aliphatic carbocycles. The monoisotopic (exact) mass is 241 g/mol. The molecule has 2 N–H and O–H groups in total. The maximum atomic E-state index is 3.50. The van der Waals surface area contributed by atoms with Crippen LogP contribution >= 0.6 is 0 Å². The van der Waals surface area contributed by atoms with Crippen molar-refractivity contribution in [3.05, 3.63) is 36.0 Å². The lowest BCUT2D eigenvalue weighted by molar-refractivity contribution is 0.307. The van der Waals surface area contributed by atoms with Gasteiger partial charge in [-0.05, 0) is 36.6 Å². The first-order valence-corrected chi connectivity index (χ1v) is 6.88. The largest absolute Gasteiger partial charge is 0.361 e. The van der Waals surface area contributed by atoms with Crippen LogP contribution in [-0.2, 0) is 6.54 Å². The van der Waals surface area contributed by atoms with E-state index in [-0.39, 0.29) is 0 Å². The van der Waals surface area contributed by atoms with Gasteiger partial charge in [-0.25, -0.2) is 0 Å². The first kappa shape index (κ1) is 10.6. The maximum absolute atomic E-state index is 3.50. The molecule has 2 fully saturated rings. The Balaban J connectivity index is 1.55. The van der Waals surface area contributed by atoms with E-state index in [0.29, 0.717) is 0 Å². The van der Waals surface area contributed by atoms with Gasteiger partial charge in [-0.15, -0.1) is 0 Å². The number of hydrogen-bond acceptors (Lipinski definition) is 2. The molecule has 3 heterocycles. The molecular formula is C15H19N3. The lowest BCUT2D eigenvalue weighted by Gasteiger charge is -2.16. The van der Waals surface area contributed by atoms with Crippen molar-refractivity contribution in [2.75, 3.05) is 26.2 Å². The second-order valence-electron chi connectivity index (χ2n) is 5.73. The fraction of sp³-hybridized carbons (Fsp3) is 0.467. The van der Waals surface area contributed by atoms with Gasteiger partial charge in [0.15, 0.2) is 0 Å². The van der Waals surface area contributed by atoms with E-state index in [2.05, 4.69) is 45.7 Å². The number of nitrogens with zero attached hydrogens (tertiary/aromatic N) is 1. The van der Waals surface area contributed by atoms with Crippen molar-refractivity contribution in [2.24, 2.45) is 11.8 Å². The number of likely N-dealkylation sites (tertiary alicyclic amines) is 1. The topological polar surface area (TPSA) is 31.1 Å². The third kappa shape index (κ3) is 1.66. The maximum Gasteiger partial charge on any atom is 0.0457 e. The Morgan fingerprint density at radius 3 is 2.72 bits per heavy atom. The number of para-hydroxylation sites is 1. The molecule has 2 atom stereocenters. The first-order valence-electron chi connectivity index (χ1n) is 6.88. The predicted molar refractivity (Wildman–Crippen MR) is 73.4 cm³/mol. The average molecular weight is 241 g/mol. The molecule has 0 bridgehead atoms. The Morgan fingerprint density at radius 2 is 1.89 bits per heavy atom. The van der Waals surface area contributed by atoms with Crippen molar-refractivity contribution in [2.45, 2.75) is 6.54 Å². The van der Waals surface area contributed by atoms with Crippen LogP contribution in [0.2, 0.25) is 0 Å². The standard InChI is InChI=1S/C15H19N3/c1-2-4-15-14(3-1)13(7-17-15)10-18-8-11-5-16-6-12(11)9-18/h1-4,7,11-12,16-17H,5-6,8-10H2. The number of fused-ring (bicyclic) bond motifs is 2. The van der Waals surface area contributed by atoms with E-state index < -0.39 is 0 Å². The highest BCUT2D eigenvalue weighted by Crippen LogP contribution is 2.28. The third-order valence-corrected chi connectivity index (χ3v) is 4.53. The van der Waals surface area contributed by atoms with Crippen molar-refractivity contribution in [1.29, 1.82) is 0 Å². The van der Waals surface area contributed by atoms with Gasteiger partial charge in [0.25, 0.3) is 0 Å². The van der Waals surface area contributed by atoms with Gasteiger partial charge in [0, 0.05) is 36.7 Å². The van der Waals surface area contributed by atoms with Gasteiger partial charge < -0.3 is 10.3 Å². The molecule has 2 aliphatic rings. The second-order valence-corrected chi connectivity index (χ2v) is 5.73. The highest BCUT2D eigenvalue weighted by atomic mass is 15.2. The molecule has 3 nitrogen and oxygen atoms in total. The summed E-state index contributed by atoms with van der Waals surface area (Å²) >= 11 is 0. The van der Waals surface area contributed by atoms with E-state index in [1.807, 2.05) is 0 Å². The summed E-state index contributed by atoms with van der Waals surface area (Å²) in [6.45, 7) is 6.05. The van der Waals surface area contributed by atoms with Gasteiger partial charge in [0.1, 0.15) is 0 Å². The summed E-state index contributed by atoms with van der Waals surface area (Å²) in [6, 6.07) is 8.60. The van der Waals surface area contributed by atoms with Gasteiger partial charge >= 0.3 is 0 Å². The predicted octanol–water partition coefficient (Wildman–Crippen LogP) is 1.82. The summed E-state index contributed by atoms with van der Waals surface area (Å²) in [5, 5.41) is 4.88. The van der Waals surface area contributed by atoms with E-state index in [1.54, 1.807) is 0 Å². The molecule has 2 saturated heterocycles. The number of benzene rings is 1. The molecule has 2 aromatic rings. The Kier molecular flexibility index (Phi) is 2.42. The summed E-state index contributed by atoms with van der Waals surface area (Å²) in [4.78, 5) is 5.99. The van der Waals surface area contributed by atoms with E-state index in [9.17, 15) is 0 Å². The molecule has 94 valence electrons. The zero-order chi connectivity index (χ0) is 11.9. The van der Waals surface area contributed by atoms with Gasteiger partial charge in [-0.1, -0.05) is 18.2 Å². The van der Waals surface area contributed by atoms with Gasteiger partial charge in [0.2, 0.25) is 0 Å². The Hall–Kier alpha value is -1.32. The van der Waals surface area contributed by atoms with Crippen LogP contribution in [0.15, 0.2) is 30.5 Å². The lowest BCUT2D eigenvalue weighted by atomic mass is 10.0. The summed E-state index contributed by atoms with van der Waals surface area (Å²) in [7, 11) is 0. The van der Waals surface area contributed by atoms with Crippen molar-refractivity contribution >= 4 is 10.9 Å². The molecule has 3 heteroatoms. The van der Waals surface area contributed by atoms with Crippen LogP contribution in [0, 0.1) is 11.8 Å². The third-order valence-electron chi connectivity index (χ3n) is 4.53. The molecule has 0 amide bonds. The lowest BCUT2D eigenvalue weighted by Crippen LogP contribution is -2.25. The minimum Gasteiger partial charge on any atom is -0.361 e. The van der Waals surface area contributed by atoms with Crippen LogP contribution in [0.3, 0.4) is 0 Å². The summed E-state index contributed by atoms with van der Waals surface area (Å²) in [6.07, 6.45) is 2.18. The number of H-pyrrole nitrogens is 1. The van der Waals surface area contributed by atoms with Crippen LogP contribution in [0.4, 0.5) is 0 Å². The van der Waals surface area contributed by atoms with E-state index >= 15 is 0 Å². The smallest absolute Gasteiger partial charge is 0.0457 e. The molecule has 2 unspecified atom stereocenters. The van der Waals surface area contributed by atoms with E-state index in [0.717, 1.165) is 18.4 Å². The molecule has 2 aliphatic heterocycles. The molecule has 1 aromatic carbocycles. The second kappa shape index (κ2) is 4.11. The quantitative estimate of drug-likeness (QED) is 0.840. The molecule has 18 heavy (non-hydrogen) atoms. The van der Waals surface area contributed by atoms with Gasteiger partial charge in [-0.2, -0.15) is 0 Å². The van der Waals surface area contributed by atoms with Crippen LogP contribution in [0.5, 0.6) is 0 Å². The normalized spacial score (nSPS) is 28.0. The van der Waals surface area contributed by atoms with Crippen molar-refractivity contribution in [3.8, 4) is 0 Å². The Labute approximate surface area is 107 Å². The highest BCUT2D eigenvalue weighted by molar-refractivity contribution is 5.82.